The van der Waals surface area contributed by atoms with Crippen LogP contribution in [0.3, 0.4) is 0 Å². The standard InChI is InChI=1S/C22H21FN4O3/c23-17-6-8-18(9-7-17)26-10-12-27(13-11-26)21(28)15-30-22(29)20-14-19(24-25-20)16-4-2-1-3-5-16/h1-9,14H,10-13,15H2,(H,24,25). The Morgan fingerprint density at radius 2 is 1.70 bits per heavy atom. The average Bonchev–Trinajstić information content (AvgIpc) is 3.29. The number of hydrogen-bond acceptors (Lipinski definition) is 5. The van der Waals surface area contributed by atoms with Crippen LogP contribution in [0.5, 0.6) is 0 Å². The Bertz CT molecular complexity index is 1010. The number of aromatic nitrogens is 2. The number of halogens is 1. The second kappa shape index (κ2) is 8.77. The van der Waals surface area contributed by atoms with E-state index in [0.717, 1.165) is 11.3 Å². The highest BCUT2D eigenvalue weighted by Gasteiger charge is 2.23. The molecule has 0 saturated carbocycles. The number of ether oxygens (including phenoxy) is 1. The number of rotatable bonds is 5. The third kappa shape index (κ3) is 4.48. The molecule has 0 bridgehead atoms. The Kier molecular flexibility index (Phi) is 5.74. The maximum Gasteiger partial charge on any atom is 0.356 e. The molecule has 4 rings (SSSR count). The number of esters is 1. The lowest BCUT2D eigenvalue weighted by Gasteiger charge is -2.36. The lowest BCUT2D eigenvalue weighted by molar-refractivity contribution is -0.134. The molecule has 1 saturated heterocycles. The first-order chi connectivity index (χ1) is 14.6. The fourth-order valence-corrected chi connectivity index (χ4v) is 3.35. The van der Waals surface area contributed by atoms with Crippen molar-refractivity contribution in [1.29, 1.82) is 0 Å². The number of aromatic amines is 1. The molecule has 1 aliphatic rings. The minimum atomic E-state index is -0.622. The Balaban J connectivity index is 1.26. The number of piperazine rings is 1. The maximum atomic E-state index is 13.1. The molecule has 0 spiro atoms. The van der Waals surface area contributed by atoms with Gasteiger partial charge in [0.1, 0.15) is 11.5 Å². The van der Waals surface area contributed by atoms with E-state index < -0.39 is 5.97 Å². The van der Waals surface area contributed by atoms with Crippen LogP contribution in [0.15, 0.2) is 60.7 Å². The molecule has 0 atom stereocenters. The van der Waals surface area contributed by atoms with E-state index in [1.165, 1.54) is 12.1 Å². The first-order valence-electron chi connectivity index (χ1n) is 9.66. The van der Waals surface area contributed by atoms with Crippen LogP contribution < -0.4 is 4.90 Å². The van der Waals surface area contributed by atoms with Crippen LogP contribution in [0.4, 0.5) is 10.1 Å². The topological polar surface area (TPSA) is 78.5 Å². The number of nitrogens with one attached hydrogen (secondary N) is 1. The van der Waals surface area contributed by atoms with Gasteiger partial charge in [0.15, 0.2) is 6.61 Å². The number of anilines is 1. The van der Waals surface area contributed by atoms with Gasteiger partial charge >= 0.3 is 5.97 Å². The second-order valence-electron chi connectivity index (χ2n) is 6.95. The smallest absolute Gasteiger partial charge is 0.356 e. The van der Waals surface area contributed by atoms with Crippen molar-refractivity contribution >= 4 is 17.6 Å². The molecule has 7 nitrogen and oxygen atoms in total. The Morgan fingerprint density at radius 3 is 2.40 bits per heavy atom. The predicted molar refractivity (Wildman–Crippen MR) is 109 cm³/mol. The third-order valence-corrected chi connectivity index (χ3v) is 5.02. The van der Waals surface area contributed by atoms with Gasteiger partial charge in [0, 0.05) is 37.4 Å². The Labute approximate surface area is 173 Å². The summed E-state index contributed by atoms with van der Waals surface area (Å²) in [5, 5.41) is 6.77. The van der Waals surface area contributed by atoms with Crippen molar-refractivity contribution in [2.24, 2.45) is 0 Å². The van der Waals surface area contributed by atoms with Gasteiger partial charge in [-0.3, -0.25) is 9.89 Å². The van der Waals surface area contributed by atoms with Crippen molar-refractivity contribution in [1.82, 2.24) is 15.1 Å². The van der Waals surface area contributed by atoms with Gasteiger partial charge in [0.2, 0.25) is 0 Å². The van der Waals surface area contributed by atoms with Crippen LogP contribution in [0.25, 0.3) is 11.3 Å². The molecule has 3 aromatic rings. The van der Waals surface area contributed by atoms with Crippen molar-refractivity contribution in [3.63, 3.8) is 0 Å². The van der Waals surface area contributed by atoms with Crippen molar-refractivity contribution in [3.05, 3.63) is 72.2 Å². The van der Waals surface area contributed by atoms with Gasteiger partial charge in [-0.25, -0.2) is 9.18 Å². The quantitative estimate of drug-likeness (QED) is 0.657. The van der Waals surface area contributed by atoms with Gasteiger partial charge in [0.05, 0.1) is 5.69 Å². The summed E-state index contributed by atoms with van der Waals surface area (Å²) in [5.74, 6) is -1.14. The maximum absolute atomic E-state index is 13.1. The van der Waals surface area contributed by atoms with Crippen LogP contribution in [-0.2, 0) is 9.53 Å². The van der Waals surface area contributed by atoms with Crippen LogP contribution >= 0.6 is 0 Å². The van der Waals surface area contributed by atoms with E-state index in [1.54, 1.807) is 23.1 Å². The van der Waals surface area contributed by atoms with Crippen LogP contribution in [-0.4, -0.2) is 59.8 Å². The summed E-state index contributed by atoms with van der Waals surface area (Å²) in [7, 11) is 0. The molecule has 0 aliphatic carbocycles. The number of benzene rings is 2. The SMILES string of the molecule is O=C(OCC(=O)N1CCN(c2ccc(F)cc2)CC1)c1cc(-c2ccccc2)n[nH]1. The molecule has 2 aromatic carbocycles. The zero-order chi connectivity index (χ0) is 20.9. The van der Waals surface area contributed by atoms with Gasteiger partial charge in [-0.1, -0.05) is 30.3 Å². The second-order valence-corrected chi connectivity index (χ2v) is 6.95. The van der Waals surface area contributed by atoms with E-state index in [2.05, 4.69) is 15.1 Å². The number of carbonyl (C=O) groups is 2. The Hall–Kier alpha value is -3.68. The fourth-order valence-electron chi connectivity index (χ4n) is 3.35. The zero-order valence-electron chi connectivity index (χ0n) is 16.3. The molecule has 1 aromatic heterocycles. The van der Waals surface area contributed by atoms with Gasteiger partial charge in [-0.05, 0) is 30.3 Å². The molecule has 154 valence electrons. The number of hydrogen-bond donors (Lipinski definition) is 1. The predicted octanol–water partition coefficient (Wildman–Crippen LogP) is 2.72. The van der Waals surface area contributed by atoms with E-state index in [0.29, 0.717) is 31.9 Å². The summed E-state index contributed by atoms with van der Waals surface area (Å²) in [6.45, 7) is 1.96. The van der Waals surface area contributed by atoms with Crippen LogP contribution in [0.1, 0.15) is 10.5 Å². The number of nitrogens with zero attached hydrogens (tertiary/aromatic N) is 3. The number of amides is 1. The molecule has 1 amide bonds. The number of H-pyrrole nitrogens is 1. The van der Waals surface area contributed by atoms with Crippen molar-refractivity contribution in [2.45, 2.75) is 0 Å². The normalized spacial score (nSPS) is 13.9. The van der Waals surface area contributed by atoms with Gasteiger partial charge < -0.3 is 14.5 Å². The summed E-state index contributed by atoms with van der Waals surface area (Å²) < 4.78 is 18.2. The highest BCUT2D eigenvalue weighted by Crippen LogP contribution is 2.18. The minimum Gasteiger partial charge on any atom is -0.451 e. The lowest BCUT2D eigenvalue weighted by atomic mass is 10.1. The van der Waals surface area contributed by atoms with Gasteiger partial charge in [0.25, 0.3) is 5.91 Å². The largest absolute Gasteiger partial charge is 0.451 e. The molecule has 1 N–H and O–H groups in total. The highest BCUT2D eigenvalue weighted by atomic mass is 19.1. The van der Waals surface area contributed by atoms with E-state index in [-0.39, 0.29) is 24.0 Å². The molecule has 1 fully saturated rings. The molecule has 0 radical (unpaired) electrons. The van der Waals surface area contributed by atoms with E-state index in [4.69, 9.17) is 4.74 Å². The summed E-state index contributed by atoms with van der Waals surface area (Å²) >= 11 is 0. The van der Waals surface area contributed by atoms with Crippen LogP contribution in [0, 0.1) is 5.82 Å². The van der Waals surface area contributed by atoms with E-state index in [9.17, 15) is 14.0 Å². The van der Waals surface area contributed by atoms with Crippen LogP contribution in [0.2, 0.25) is 0 Å². The highest BCUT2D eigenvalue weighted by molar-refractivity contribution is 5.90. The van der Waals surface area contributed by atoms with E-state index in [1.807, 2.05) is 30.3 Å². The van der Waals surface area contributed by atoms with Crippen molar-refractivity contribution in [3.8, 4) is 11.3 Å². The number of carbonyl (C=O) groups excluding carboxylic acids is 2. The molecular formula is C22H21FN4O3. The molecule has 8 heteroatoms. The van der Waals surface area contributed by atoms with Crippen molar-refractivity contribution in [2.75, 3.05) is 37.7 Å². The molecular weight excluding hydrogens is 387 g/mol. The van der Waals surface area contributed by atoms with E-state index >= 15 is 0 Å². The minimum absolute atomic E-state index is 0.197. The summed E-state index contributed by atoms with van der Waals surface area (Å²) in [5.41, 5.74) is 2.62. The summed E-state index contributed by atoms with van der Waals surface area (Å²) in [4.78, 5) is 28.4. The lowest BCUT2D eigenvalue weighted by Crippen LogP contribution is -2.49. The molecule has 0 unspecified atom stereocenters. The first-order valence-corrected chi connectivity index (χ1v) is 9.66. The molecule has 1 aliphatic heterocycles. The molecule has 2 heterocycles. The fraction of sp³-hybridized carbons (Fsp3) is 0.227. The average molecular weight is 408 g/mol. The Morgan fingerprint density at radius 1 is 1.00 bits per heavy atom. The first kappa shape index (κ1) is 19.6. The zero-order valence-corrected chi connectivity index (χ0v) is 16.3. The van der Waals surface area contributed by atoms with Gasteiger partial charge in [-0.15, -0.1) is 0 Å². The third-order valence-electron chi connectivity index (χ3n) is 5.02. The molecule has 30 heavy (non-hydrogen) atoms. The summed E-state index contributed by atoms with van der Waals surface area (Å²) in [6, 6.07) is 17.3. The summed E-state index contributed by atoms with van der Waals surface area (Å²) in [6.07, 6.45) is 0. The monoisotopic (exact) mass is 408 g/mol. The van der Waals surface area contributed by atoms with Gasteiger partial charge in [-0.2, -0.15) is 5.10 Å². The van der Waals surface area contributed by atoms with Crippen molar-refractivity contribution < 1.29 is 18.7 Å².